The third-order valence-corrected chi connectivity index (χ3v) is 4.65. The number of H-pyrrole nitrogens is 1. The zero-order valence-corrected chi connectivity index (χ0v) is 12.9. The molecule has 0 saturated heterocycles. The van der Waals surface area contributed by atoms with Crippen molar-refractivity contribution in [1.29, 1.82) is 0 Å². The molecule has 0 atom stereocenters. The highest BCUT2D eigenvalue weighted by Gasteiger charge is 2.23. The van der Waals surface area contributed by atoms with Crippen LogP contribution in [-0.2, 0) is 0 Å². The first-order valence-electron chi connectivity index (χ1n) is 8.00. The topological polar surface area (TPSA) is 93.8 Å². The van der Waals surface area contributed by atoms with E-state index >= 15 is 0 Å². The van der Waals surface area contributed by atoms with Crippen LogP contribution in [0.15, 0.2) is 41.3 Å². The molecule has 7 heteroatoms. The molecule has 0 unspecified atom stereocenters. The number of hydrogen-bond donors (Lipinski definition) is 1. The summed E-state index contributed by atoms with van der Waals surface area (Å²) in [5.41, 5.74) is 1.93. The molecule has 1 aliphatic rings. The van der Waals surface area contributed by atoms with E-state index in [1.165, 1.54) is 25.0 Å². The number of nitrogens with one attached hydrogen (secondary N) is 1. The molecule has 1 saturated carbocycles. The Hall–Kier alpha value is -2.96. The van der Waals surface area contributed by atoms with Gasteiger partial charge in [0.25, 0.3) is 11.2 Å². The van der Waals surface area contributed by atoms with Gasteiger partial charge >= 0.3 is 0 Å². The number of non-ortho nitro benzene ring substituents is 1. The Kier molecular flexibility index (Phi) is 3.41. The van der Waals surface area contributed by atoms with Gasteiger partial charge in [0.15, 0.2) is 0 Å². The van der Waals surface area contributed by atoms with Gasteiger partial charge < -0.3 is 4.98 Å². The molecule has 0 aliphatic heterocycles. The Morgan fingerprint density at radius 3 is 2.54 bits per heavy atom. The molecule has 0 amide bonds. The highest BCUT2D eigenvalue weighted by atomic mass is 16.6. The maximum absolute atomic E-state index is 12.4. The lowest BCUT2D eigenvalue weighted by atomic mass is 10.1. The number of nitro groups is 1. The molecule has 1 fully saturated rings. The molecule has 1 aromatic carbocycles. The van der Waals surface area contributed by atoms with E-state index in [1.54, 1.807) is 18.3 Å². The van der Waals surface area contributed by atoms with Gasteiger partial charge in [0.1, 0.15) is 5.69 Å². The molecule has 4 rings (SSSR count). The Morgan fingerprint density at radius 2 is 1.88 bits per heavy atom. The molecule has 2 heterocycles. The number of nitrogens with zero attached hydrogens (tertiary/aromatic N) is 3. The summed E-state index contributed by atoms with van der Waals surface area (Å²) in [5, 5.41) is 16.1. The summed E-state index contributed by atoms with van der Waals surface area (Å²) >= 11 is 0. The van der Waals surface area contributed by atoms with E-state index in [0.29, 0.717) is 22.7 Å². The van der Waals surface area contributed by atoms with Crippen LogP contribution in [0.2, 0.25) is 0 Å². The largest absolute Gasteiger partial charge is 0.328 e. The lowest BCUT2D eigenvalue weighted by Gasteiger charge is -2.10. The zero-order chi connectivity index (χ0) is 16.7. The first-order valence-corrected chi connectivity index (χ1v) is 8.00. The van der Waals surface area contributed by atoms with Crippen molar-refractivity contribution in [3.8, 4) is 11.3 Å². The number of nitro benzene ring substituents is 1. The maximum atomic E-state index is 12.4. The van der Waals surface area contributed by atoms with Gasteiger partial charge in [0, 0.05) is 23.9 Å². The number of aromatic amines is 1. The molecule has 0 bridgehead atoms. The highest BCUT2D eigenvalue weighted by Crippen LogP contribution is 2.34. The van der Waals surface area contributed by atoms with Gasteiger partial charge in [0.2, 0.25) is 0 Å². The van der Waals surface area contributed by atoms with Gasteiger partial charge in [-0.15, -0.1) is 0 Å². The van der Waals surface area contributed by atoms with E-state index in [2.05, 4.69) is 4.98 Å². The highest BCUT2D eigenvalue weighted by molar-refractivity contribution is 5.92. The fraction of sp³-hybridized carbons (Fsp3) is 0.294. The van der Waals surface area contributed by atoms with Crippen LogP contribution in [0.25, 0.3) is 22.2 Å². The van der Waals surface area contributed by atoms with Crippen LogP contribution in [0.5, 0.6) is 0 Å². The van der Waals surface area contributed by atoms with E-state index in [1.807, 2.05) is 10.7 Å². The van der Waals surface area contributed by atoms with Crippen molar-refractivity contribution in [3.05, 3.63) is 57.0 Å². The average Bonchev–Trinajstić information content (AvgIpc) is 3.23. The van der Waals surface area contributed by atoms with Crippen molar-refractivity contribution in [2.75, 3.05) is 0 Å². The fourth-order valence-electron chi connectivity index (χ4n) is 3.47. The van der Waals surface area contributed by atoms with Gasteiger partial charge in [-0.1, -0.05) is 12.8 Å². The summed E-state index contributed by atoms with van der Waals surface area (Å²) in [6.07, 6.45) is 6.09. The van der Waals surface area contributed by atoms with Crippen molar-refractivity contribution in [3.63, 3.8) is 0 Å². The summed E-state index contributed by atoms with van der Waals surface area (Å²) in [7, 11) is 0. The van der Waals surface area contributed by atoms with Crippen LogP contribution in [-0.4, -0.2) is 19.7 Å². The van der Waals surface area contributed by atoms with Crippen molar-refractivity contribution < 1.29 is 4.92 Å². The minimum absolute atomic E-state index is 0.0205. The molecule has 1 N–H and O–H groups in total. The molecule has 2 aromatic heterocycles. The second-order valence-electron chi connectivity index (χ2n) is 6.10. The van der Waals surface area contributed by atoms with Crippen molar-refractivity contribution in [2.45, 2.75) is 31.7 Å². The fourth-order valence-corrected chi connectivity index (χ4v) is 3.47. The minimum atomic E-state index is -0.439. The zero-order valence-electron chi connectivity index (χ0n) is 12.9. The van der Waals surface area contributed by atoms with E-state index in [0.717, 1.165) is 18.4 Å². The van der Waals surface area contributed by atoms with Crippen LogP contribution in [0.1, 0.15) is 31.7 Å². The molecule has 0 radical (unpaired) electrons. The van der Waals surface area contributed by atoms with E-state index in [-0.39, 0.29) is 11.2 Å². The molecule has 0 spiro atoms. The molecule has 1 aliphatic carbocycles. The molecule has 122 valence electrons. The van der Waals surface area contributed by atoms with Crippen LogP contribution < -0.4 is 5.56 Å². The number of aromatic nitrogens is 3. The second kappa shape index (κ2) is 5.59. The molecule has 24 heavy (non-hydrogen) atoms. The third-order valence-electron chi connectivity index (χ3n) is 4.65. The third kappa shape index (κ3) is 2.29. The Bertz CT molecular complexity index is 966. The molecule has 3 aromatic rings. The molecular weight excluding hydrogens is 308 g/mol. The summed E-state index contributed by atoms with van der Waals surface area (Å²) in [6.45, 7) is 0. The SMILES string of the molecule is O=c1[nH]ccc2c1c(-c1ccc([N+](=O)[O-])cc1)nn2C1CCCC1. The Morgan fingerprint density at radius 1 is 1.17 bits per heavy atom. The smallest absolute Gasteiger partial charge is 0.269 e. The molecular formula is C17H16N4O3. The number of pyridine rings is 1. The van der Waals surface area contributed by atoms with Gasteiger partial charge in [-0.05, 0) is 31.0 Å². The lowest BCUT2D eigenvalue weighted by Crippen LogP contribution is -2.08. The Labute approximate surface area is 137 Å². The van der Waals surface area contributed by atoms with Crippen molar-refractivity contribution >= 4 is 16.6 Å². The number of rotatable bonds is 3. The number of benzene rings is 1. The Balaban J connectivity index is 1.91. The van der Waals surface area contributed by atoms with E-state index in [4.69, 9.17) is 5.10 Å². The van der Waals surface area contributed by atoms with Crippen LogP contribution in [0.4, 0.5) is 5.69 Å². The molecule has 7 nitrogen and oxygen atoms in total. The van der Waals surface area contributed by atoms with E-state index < -0.39 is 4.92 Å². The summed E-state index contributed by atoms with van der Waals surface area (Å²) < 4.78 is 1.95. The first kappa shape index (κ1) is 14.6. The summed E-state index contributed by atoms with van der Waals surface area (Å²) in [4.78, 5) is 25.4. The predicted molar refractivity (Wildman–Crippen MR) is 89.9 cm³/mol. The van der Waals surface area contributed by atoms with Gasteiger partial charge in [-0.3, -0.25) is 19.6 Å². The quantitative estimate of drug-likeness (QED) is 0.590. The van der Waals surface area contributed by atoms with Gasteiger partial charge in [-0.2, -0.15) is 5.10 Å². The van der Waals surface area contributed by atoms with Crippen molar-refractivity contribution in [1.82, 2.24) is 14.8 Å². The summed E-state index contributed by atoms with van der Waals surface area (Å²) in [5.74, 6) is 0. The average molecular weight is 324 g/mol. The lowest BCUT2D eigenvalue weighted by molar-refractivity contribution is -0.384. The monoisotopic (exact) mass is 324 g/mol. The van der Waals surface area contributed by atoms with Crippen LogP contribution in [0.3, 0.4) is 0 Å². The summed E-state index contributed by atoms with van der Waals surface area (Å²) in [6, 6.07) is 8.34. The maximum Gasteiger partial charge on any atom is 0.269 e. The van der Waals surface area contributed by atoms with Crippen LogP contribution in [0, 0.1) is 10.1 Å². The van der Waals surface area contributed by atoms with Gasteiger partial charge in [-0.25, -0.2) is 0 Å². The minimum Gasteiger partial charge on any atom is -0.328 e. The normalized spacial score (nSPS) is 15.2. The van der Waals surface area contributed by atoms with Crippen molar-refractivity contribution in [2.24, 2.45) is 0 Å². The second-order valence-corrected chi connectivity index (χ2v) is 6.10. The first-order chi connectivity index (χ1) is 11.6. The number of fused-ring (bicyclic) bond motifs is 1. The van der Waals surface area contributed by atoms with Crippen LogP contribution >= 0.6 is 0 Å². The van der Waals surface area contributed by atoms with E-state index in [9.17, 15) is 14.9 Å². The standard InChI is InChI=1S/C17H16N4O3/c22-17-15-14(9-10-18-17)20(12-3-1-2-4-12)19-16(15)11-5-7-13(8-6-11)21(23)24/h5-10,12H,1-4H2,(H,18,22). The van der Waals surface area contributed by atoms with Gasteiger partial charge in [0.05, 0.1) is 21.9 Å². The predicted octanol–water partition coefficient (Wildman–Crippen LogP) is 3.41. The number of hydrogen-bond acceptors (Lipinski definition) is 4.